The van der Waals surface area contributed by atoms with Gasteiger partial charge in [-0.05, 0) is 132 Å². The number of aromatic amines is 2. The molecule has 0 fully saturated rings. The first-order valence-electron chi connectivity index (χ1n) is 22.9. The summed E-state index contributed by atoms with van der Waals surface area (Å²) in [5.41, 5.74) is 19.0. The fourth-order valence-corrected chi connectivity index (χ4v) is 9.16. The highest BCUT2D eigenvalue weighted by molar-refractivity contribution is 6.01. The largest absolute Gasteiger partial charge is 0.496 e. The van der Waals surface area contributed by atoms with Crippen LogP contribution in [-0.4, -0.2) is 72.4 Å². The van der Waals surface area contributed by atoms with Crippen LogP contribution in [0.3, 0.4) is 0 Å². The highest BCUT2D eigenvalue weighted by Gasteiger charge is 2.32. The summed E-state index contributed by atoms with van der Waals surface area (Å²) in [6.45, 7) is 0. The van der Waals surface area contributed by atoms with Crippen LogP contribution < -0.4 is 20.9 Å². The number of benzene rings is 4. The molecule has 0 unspecified atom stereocenters. The van der Waals surface area contributed by atoms with Gasteiger partial charge >= 0.3 is 24.3 Å². The molecule has 2 aliphatic rings. The lowest BCUT2D eigenvalue weighted by atomic mass is 9.97. The van der Waals surface area contributed by atoms with E-state index in [9.17, 15) is 35.9 Å². The molecule has 6 N–H and O–H groups in total. The van der Waals surface area contributed by atoms with Gasteiger partial charge in [0.15, 0.2) is 0 Å². The molecular formula is C56H46F6N6O6. The van der Waals surface area contributed by atoms with Gasteiger partial charge in [0.1, 0.15) is 23.6 Å². The molecule has 74 heavy (non-hydrogen) atoms. The van der Waals surface area contributed by atoms with E-state index in [0.717, 1.165) is 24.3 Å². The molecule has 0 aliphatic carbocycles. The van der Waals surface area contributed by atoms with Gasteiger partial charge in [-0.25, -0.2) is 9.97 Å². The second kappa shape index (κ2) is 20.2. The summed E-state index contributed by atoms with van der Waals surface area (Å²) in [4.78, 5) is 42.4. The number of ether oxygens (including phenoxy) is 4. The number of carbonyl (C=O) groups excluding carboxylic acids is 2. The van der Waals surface area contributed by atoms with Crippen molar-refractivity contribution in [3.05, 3.63) is 154 Å². The molecule has 2 atom stereocenters. The van der Waals surface area contributed by atoms with Gasteiger partial charge in [-0.15, -0.1) is 0 Å². The van der Waals surface area contributed by atoms with Crippen molar-refractivity contribution in [2.24, 2.45) is 11.5 Å². The van der Waals surface area contributed by atoms with Crippen LogP contribution in [-0.2, 0) is 44.3 Å². The Kier molecular flexibility index (Phi) is 13.8. The maximum absolute atomic E-state index is 14.0. The number of hydrogen-bond acceptors (Lipinski definition) is 10. The van der Waals surface area contributed by atoms with Crippen molar-refractivity contribution >= 4 is 58.3 Å². The van der Waals surface area contributed by atoms with Crippen molar-refractivity contribution in [1.82, 2.24) is 19.9 Å². The van der Waals surface area contributed by atoms with E-state index in [1.807, 2.05) is 0 Å². The number of H-pyrrole nitrogens is 2. The van der Waals surface area contributed by atoms with Gasteiger partial charge in [0.2, 0.25) is 0 Å². The predicted molar refractivity (Wildman–Crippen MR) is 271 cm³/mol. The minimum absolute atomic E-state index is 0.0840. The van der Waals surface area contributed by atoms with E-state index < -0.39 is 47.5 Å². The van der Waals surface area contributed by atoms with Crippen molar-refractivity contribution in [2.75, 3.05) is 28.4 Å². The molecule has 5 heterocycles. The van der Waals surface area contributed by atoms with E-state index in [4.69, 9.17) is 40.4 Å². The van der Waals surface area contributed by atoms with E-state index in [1.165, 1.54) is 52.7 Å². The highest BCUT2D eigenvalue weighted by atomic mass is 19.4. The molecule has 18 heteroatoms. The zero-order valence-corrected chi connectivity index (χ0v) is 40.0. The average Bonchev–Trinajstić information content (AvgIpc) is 4.24. The van der Waals surface area contributed by atoms with Gasteiger partial charge in [-0.2, -0.15) is 26.3 Å². The first kappa shape index (κ1) is 50.5. The van der Waals surface area contributed by atoms with Crippen LogP contribution in [0.4, 0.5) is 26.3 Å². The molecule has 3 aromatic heterocycles. The standard InChI is InChI=1S/C56H46F6N6O6/c1-71-47-23-5-29(27-37(63)53(69)73-3)25-35(47)51-43-19-15-39(65-43)49(31-7-11-33(12-8-31)55(57,58)59)41-17-21-45(67-41)52(36-26-30(6-24-48(36)72-2)28-38(64)54(70)74-4)46-22-18-42(68-46)50(40-16-20-44(51)66-40)32-9-13-34(14-10-32)56(60,61)62/h5-26,37-38,65,68H,27-28,63-64H2,1-4H3/t37-,38-/m1/s1. The first-order chi connectivity index (χ1) is 35.4. The number of esters is 2. The third-order valence-electron chi connectivity index (χ3n) is 12.7. The van der Waals surface area contributed by atoms with E-state index >= 15 is 0 Å². The van der Waals surface area contributed by atoms with Crippen molar-refractivity contribution in [1.29, 1.82) is 0 Å². The van der Waals surface area contributed by atoms with Crippen molar-refractivity contribution in [2.45, 2.75) is 37.3 Å². The van der Waals surface area contributed by atoms with Gasteiger partial charge in [-0.3, -0.25) is 9.59 Å². The van der Waals surface area contributed by atoms with E-state index in [-0.39, 0.29) is 12.8 Å². The Labute approximate surface area is 419 Å². The van der Waals surface area contributed by atoms with E-state index in [0.29, 0.717) is 112 Å². The number of alkyl halides is 6. The Balaban J connectivity index is 1.43. The number of nitrogens with zero attached hydrogens (tertiary/aromatic N) is 2. The third-order valence-corrected chi connectivity index (χ3v) is 12.7. The van der Waals surface area contributed by atoms with Gasteiger partial charge in [0.25, 0.3) is 0 Å². The first-order valence-corrected chi connectivity index (χ1v) is 22.9. The van der Waals surface area contributed by atoms with Crippen molar-refractivity contribution in [3.8, 4) is 56.0 Å². The number of carbonyl (C=O) groups is 2. The van der Waals surface area contributed by atoms with Crippen molar-refractivity contribution < 1.29 is 54.9 Å². The number of nitrogens with two attached hydrogens (primary N) is 2. The molecule has 0 saturated heterocycles. The lowest BCUT2D eigenvalue weighted by Crippen LogP contribution is -2.33. The van der Waals surface area contributed by atoms with E-state index in [2.05, 4.69) is 9.97 Å². The molecule has 378 valence electrons. The van der Waals surface area contributed by atoms with E-state index in [1.54, 1.807) is 85.0 Å². The Morgan fingerprint density at radius 1 is 0.486 bits per heavy atom. The summed E-state index contributed by atoms with van der Waals surface area (Å²) in [7, 11) is 5.46. The Hall–Kier alpha value is -8.48. The maximum Gasteiger partial charge on any atom is 0.416 e. The predicted octanol–water partition coefficient (Wildman–Crippen LogP) is 11.5. The van der Waals surface area contributed by atoms with Crippen LogP contribution in [0.5, 0.6) is 11.5 Å². The normalized spacial score (nSPS) is 13.1. The Morgan fingerprint density at radius 2 is 0.811 bits per heavy atom. The quantitative estimate of drug-likeness (QED) is 0.0679. The second-order valence-electron chi connectivity index (χ2n) is 17.4. The minimum Gasteiger partial charge on any atom is -0.496 e. The van der Waals surface area contributed by atoms with Crippen LogP contribution >= 0.6 is 0 Å². The summed E-state index contributed by atoms with van der Waals surface area (Å²) < 4.78 is 106. The van der Waals surface area contributed by atoms with Crippen LogP contribution in [0.2, 0.25) is 0 Å². The van der Waals surface area contributed by atoms with Crippen LogP contribution in [0.1, 0.15) is 45.0 Å². The number of aromatic nitrogens is 4. The zero-order chi connectivity index (χ0) is 52.6. The summed E-state index contributed by atoms with van der Waals surface area (Å²) >= 11 is 0. The topological polar surface area (TPSA) is 180 Å². The Bertz CT molecular complexity index is 3330. The summed E-state index contributed by atoms with van der Waals surface area (Å²) in [6, 6.07) is 25.1. The molecular weight excluding hydrogens is 967 g/mol. The smallest absolute Gasteiger partial charge is 0.416 e. The van der Waals surface area contributed by atoms with Crippen molar-refractivity contribution in [3.63, 3.8) is 0 Å². The minimum atomic E-state index is -4.62. The molecule has 0 spiro atoms. The monoisotopic (exact) mass is 1010 g/mol. The summed E-state index contributed by atoms with van der Waals surface area (Å²) in [5.74, 6) is -0.447. The van der Waals surface area contributed by atoms with Gasteiger partial charge in [0.05, 0.1) is 62.3 Å². The number of rotatable bonds is 12. The second-order valence-corrected chi connectivity index (χ2v) is 17.4. The fraction of sp³-hybridized carbons (Fsp3) is 0.179. The molecule has 0 radical (unpaired) electrons. The van der Waals surface area contributed by atoms with Crippen LogP contribution in [0.25, 0.3) is 90.9 Å². The van der Waals surface area contributed by atoms with Gasteiger partial charge < -0.3 is 40.4 Å². The number of methoxy groups -OCH3 is 4. The van der Waals surface area contributed by atoms with Gasteiger partial charge in [-0.1, -0.05) is 36.4 Å². The summed E-state index contributed by atoms with van der Waals surface area (Å²) in [5, 5.41) is 0. The molecule has 0 amide bonds. The lowest BCUT2D eigenvalue weighted by molar-refractivity contribution is -0.142. The number of hydrogen-bond donors (Lipinski definition) is 4. The average molecular weight is 1010 g/mol. The zero-order valence-electron chi connectivity index (χ0n) is 40.0. The maximum atomic E-state index is 14.0. The fourth-order valence-electron chi connectivity index (χ4n) is 9.16. The Morgan fingerprint density at radius 3 is 1.12 bits per heavy atom. The number of halogens is 6. The molecule has 2 aliphatic heterocycles. The third kappa shape index (κ3) is 10.0. The number of fused-ring (bicyclic) bond motifs is 8. The SMILES string of the molecule is COC(=O)[C@H](N)Cc1ccc(OC)c(-c2c3nc(c(-c4ccc(C(F)(F)F)cc4)c4ccc([nH]4)c(-c4cc(C[C@@H](N)C(=O)OC)ccc4OC)c4nc(c(-c5ccc(C(F)(F)F)cc5)c5ccc2[nH]5)C=C4)C=C3)c1. The van der Waals surface area contributed by atoms with Crippen LogP contribution in [0.15, 0.2) is 109 Å². The molecule has 9 rings (SSSR count). The molecule has 0 saturated carbocycles. The highest BCUT2D eigenvalue weighted by Crippen LogP contribution is 2.43. The molecule has 7 aromatic rings. The van der Waals surface area contributed by atoms with Crippen LogP contribution in [0, 0.1) is 0 Å². The van der Waals surface area contributed by atoms with Gasteiger partial charge in [0, 0.05) is 55.4 Å². The molecule has 4 aromatic carbocycles. The summed E-state index contributed by atoms with van der Waals surface area (Å²) in [6.07, 6.45) is -2.09. The number of nitrogens with one attached hydrogen (secondary N) is 2. The molecule has 8 bridgehead atoms. The molecule has 12 nitrogen and oxygen atoms in total. The lowest BCUT2D eigenvalue weighted by Gasteiger charge is -2.14.